The fourth-order valence-electron chi connectivity index (χ4n) is 4.43. The van der Waals surface area contributed by atoms with Crippen LogP contribution in [-0.4, -0.2) is 7.38 Å². The van der Waals surface area contributed by atoms with Crippen molar-refractivity contribution in [3.63, 3.8) is 0 Å². The lowest BCUT2D eigenvalue weighted by atomic mass is 10.1. The summed E-state index contributed by atoms with van der Waals surface area (Å²) in [5.74, 6) is 0. The molecule has 0 radical (unpaired) electrons. The molecule has 0 saturated heterocycles. The van der Waals surface area contributed by atoms with Crippen molar-refractivity contribution in [3.8, 4) is 0 Å². The first-order chi connectivity index (χ1) is 19.0. The second-order valence-electron chi connectivity index (χ2n) is 10.0. The molecule has 3 heteroatoms. The van der Waals surface area contributed by atoms with Gasteiger partial charge in [-0.25, -0.2) is 0 Å². The third-order valence-electron chi connectivity index (χ3n) is 6.65. The van der Waals surface area contributed by atoms with Gasteiger partial charge in [-0.05, 0) is 63.8 Å². The van der Waals surface area contributed by atoms with Crippen LogP contribution in [0.2, 0.25) is 13.1 Å². The Bertz CT molecular complexity index is 1490. The summed E-state index contributed by atoms with van der Waals surface area (Å²) in [6.07, 6.45) is 8.61. The van der Waals surface area contributed by atoms with Gasteiger partial charge >= 0.3 is 0 Å². The van der Waals surface area contributed by atoms with Gasteiger partial charge in [0.1, 0.15) is 0 Å². The molecule has 0 spiro atoms. The minimum Gasteiger partial charge on any atom is -0.311 e. The van der Waals surface area contributed by atoms with Crippen LogP contribution in [0, 0.1) is 0 Å². The van der Waals surface area contributed by atoms with E-state index in [9.17, 15) is 0 Å². The molecule has 0 fully saturated rings. The van der Waals surface area contributed by atoms with Crippen molar-refractivity contribution in [3.05, 3.63) is 156 Å². The SMILES string of the molecule is C[Si](C)(Cl)c1ccc(C=Cc2ccc(C=Cc3ccc(N(c4ccccc4)c4ccccc4)cc3)cc2)cc1. The van der Waals surface area contributed by atoms with Gasteiger partial charge in [0.2, 0.25) is 0 Å². The van der Waals surface area contributed by atoms with Gasteiger partial charge in [-0.3, -0.25) is 0 Å². The maximum atomic E-state index is 6.54. The minimum absolute atomic E-state index is 1.13. The highest BCUT2D eigenvalue weighted by atomic mass is 35.6. The number of hydrogen-bond acceptors (Lipinski definition) is 1. The fourth-order valence-corrected chi connectivity index (χ4v) is 5.77. The van der Waals surface area contributed by atoms with Gasteiger partial charge in [-0.15, -0.1) is 0 Å². The number of benzene rings is 5. The predicted octanol–water partition coefficient (Wildman–Crippen LogP) is 10.1. The zero-order valence-electron chi connectivity index (χ0n) is 22.3. The molecule has 0 unspecified atom stereocenters. The maximum Gasteiger partial charge on any atom is 0.180 e. The summed E-state index contributed by atoms with van der Waals surface area (Å²) in [6.45, 7) is 4.30. The van der Waals surface area contributed by atoms with E-state index in [0.717, 1.165) is 22.6 Å². The normalized spacial score (nSPS) is 11.8. The molecule has 5 rings (SSSR count). The van der Waals surface area contributed by atoms with Gasteiger partial charge in [0.25, 0.3) is 0 Å². The number of halogens is 1. The van der Waals surface area contributed by atoms with Crippen molar-refractivity contribution in [2.45, 2.75) is 13.1 Å². The summed E-state index contributed by atoms with van der Waals surface area (Å²) in [5.41, 5.74) is 8.09. The van der Waals surface area contributed by atoms with E-state index in [-0.39, 0.29) is 0 Å². The zero-order chi connectivity index (χ0) is 27.1. The summed E-state index contributed by atoms with van der Waals surface area (Å²) >= 11 is 6.54. The quantitative estimate of drug-likeness (QED) is 0.107. The van der Waals surface area contributed by atoms with Crippen molar-refractivity contribution in [2.24, 2.45) is 0 Å². The van der Waals surface area contributed by atoms with Gasteiger partial charge in [0.05, 0.1) is 0 Å². The average Bonchev–Trinajstić information content (AvgIpc) is 2.97. The maximum absolute atomic E-state index is 6.54. The topological polar surface area (TPSA) is 3.24 Å². The highest BCUT2D eigenvalue weighted by molar-refractivity contribution is 7.26. The molecule has 0 bridgehead atoms. The highest BCUT2D eigenvalue weighted by Gasteiger charge is 2.19. The molecule has 0 saturated carbocycles. The van der Waals surface area contributed by atoms with Crippen LogP contribution in [0.3, 0.4) is 0 Å². The van der Waals surface area contributed by atoms with Crippen LogP contribution in [0.5, 0.6) is 0 Å². The van der Waals surface area contributed by atoms with Gasteiger partial charge in [0, 0.05) is 17.1 Å². The zero-order valence-corrected chi connectivity index (χ0v) is 24.1. The Hall–Kier alpha value is -4.11. The van der Waals surface area contributed by atoms with Crippen LogP contribution < -0.4 is 10.1 Å². The first kappa shape index (κ1) is 26.5. The number of nitrogens with zero attached hydrogens (tertiary/aromatic N) is 1. The molecule has 0 aliphatic rings. The molecule has 0 N–H and O–H groups in total. The van der Waals surface area contributed by atoms with E-state index in [4.69, 9.17) is 11.1 Å². The third kappa shape index (κ3) is 7.05. The van der Waals surface area contributed by atoms with Crippen molar-refractivity contribution >= 4 is 65.0 Å². The van der Waals surface area contributed by atoms with E-state index in [0.29, 0.717) is 0 Å². The predicted molar refractivity (Wildman–Crippen MR) is 175 cm³/mol. The first-order valence-corrected chi connectivity index (χ1v) is 17.2. The summed E-state index contributed by atoms with van der Waals surface area (Å²) in [6, 6.07) is 46.8. The Morgan fingerprint density at radius 2 is 0.744 bits per heavy atom. The van der Waals surface area contributed by atoms with Crippen LogP contribution in [0.25, 0.3) is 24.3 Å². The van der Waals surface area contributed by atoms with Gasteiger partial charge in [-0.2, -0.15) is 11.1 Å². The minimum atomic E-state index is -1.78. The molecule has 0 aliphatic carbocycles. The largest absolute Gasteiger partial charge is 0.311 e. The molecule has 0 aromatic heterocycles. The molecule has 192 valence electrons. The fraction of sp³-hybridized carbons (Fsp3) is 0.0556. The first-order valence-electron chi connectivity index (χ1n) is 13.2. The van der Waals surface area contributed by atoms with Gasteiger partial charge < -0.3 is 4.90 Å². The second-order valence-corrected chi connectivity index (χ2v) is 16.4. The standard InChI is InChI=1S/C36H32ClNSi/c1-39(2,37)36-27-23-32(24-28-36)20-18-30-15-13-29(14-16-30)17-19-31-21-25-35(26-22-31)38(33-9-5-3-6-10-33)34-11-7-4-8-12-34/h3-28H,1-2H3. The summed E-state index contributed by atoms with van der Waals surface area (Å²) < 4.78 is 0. The number of para-hydroxylation sites is 2. The van der Waals surface area contributed by atoms with Crippen LogP contribution in [0.4, 0.5) is 17.1 Å². The van der Waals surface area contributed by atoms with Crippen LogP contribution >= 0.6 is 11.1 Å². The third-order valence-corrected chi connectivity index (χ3v) is 9.01. The Morgan fingerprint density at radius 1 is 0.436 bits per heavy atom. The number of hydrogen-bond donors (Lipinski definition) is 0. The Labute approximate surface area is 238 Å². The van der Waals surface area contributed by atoms with E-state index < -0.39 is 7.38 Å². The lowest BCUT2D eigenvalue weighted by Crippen LogP contribution is -2.34. The van der Waals surface area contributed by atoms with E-state index in [1.165, 1.54) is 21.9 Å². The molecule has 0 amide bonds. The molecular weight excluding hydrogens is 510 g/mol. The van der Waals surface area contributed by atoms with Crippen molar-refractivity contribution in [1.82, 2.24) is 0 Å². The molecule has 39 heavy (non-hydrogen) atoms. The number of rotatable bonds is 8. The second kappa shape index (κ2) is 12.2. The Morgan fingerprint density at radius 3 is 1.10 bits per heavy atom. The summed E-state index contributed by atoms with van der Waals surface area (Å²) in [5, 5.41) is 1.26. The van der Waals surface area contributed by atoms with Gasteiger partial charge in [0.15, 0.2) is 7.38 Å². The molecule has 0 aliphatic heterocycles. The average molecular weight is 542 g/mol. The molecule has 5 aromatic carbocycles. The van der Waals surface area contributed by atoms with Crippen LogP contribution in [-0.2, 0) is 0 Å². The van der Waals surface area contributed by atoms with Crippen molar-refractivity contribution in [2.75, 3.05) is 4.90 Å². The smallest absolute Gasteiger partial charge is 0.180 e. The highest BCUT2D eigenvalue weighted by Crippen LogP contribution is 2.34. The summed E-state index contributed by atoms with van der Waals surface area (Å²) in [4.78, 5) is 2.27. The van der Waals surface area contributed by atoms with Crippen LogP contribution in [0.1, 0.15) is 22.3 Å². The molecule has 0 heterocycles. The summed E-state index contributed by atoms with van der Waals surface area (Å²) in [7, 11) is -1.78. The van der Waals surface area contributed by atoms with E-state index in [1.807, 2.05) is 12.1 Å². The lowest BCUT2D eigenvalue weighted by molar-refractivity contribution is 1.28. The van der Waals surface area contributed by atoms with Crippen molar-refractivity contribution < 1.29 is 0 Å². The molecular formula is C36H32ClNSi. The van der Waals surface area contributed by atoms with Gasteiger partial charge in [-0.1, -0.05) is 134 Å². The Balaban J connectivity index is 1.26. The monoisotopic (exact) mass is 541 g/mol. The van der Waals surface area contributed by atoms with E-state index in [1.54, 1.807) is 0 Å². The molecule has 5 aromatic rings. The van der Waals surface area contributed by atoms with Crippen LogP contribution in [0.15, 0.2) is 133 Å². The number of anilines is 3. The van der Waals surface area contributed by atoms with Crippen molar-refractivity contribution in [1.29, 1.82) is 0 Å². The molecule has 0 atom stereocenters. The lowest BCUT2D eigenvalue weighted by Gasteiger charge is -2.25. The van der Waals surface area contributed by atoms with E-state index >= 15 is 0 Å². The van der Waals surface area contributed by atoms with E-state index in [2.05, 4.69) is 164 Å². The molecule has 1 nitrogen and oxygen atoms in total. The Kier molecular flexibility index (Phi) is 8.26.